The monoisotopic (exact) mass is 443 g/mol. The lowest BCUT2D eigenvalue weighted by Crippen LogP contribution is -2.42. The maximum Gasteiger partial charge on any atom is 0.410 e. The third-order valence-corrected chi connectivity index (χ3v) is 6.14. The van der Waals surface area contributed by atoms with Crippen LogP contribution in [0.1, 0.15) is 63.9 Å². The number of carbonyl (C=O) groups excluding carboxylic acids is 2. The fourth-order valence-corrected chi connectivity index (χ4v) is 4.23. The van der Waals surface area contributed by atoms with Crippen molar-refractivity contribution in [2.45, 2.75) is 76.5 Å². The molecule has 2 unspecified atom stereocenters. The SMILES string of the molecule is CCCCCCCCNCC1(C=O)COC(C2CCCN2C(=O)OCc2ccccc2)=N1. The zero-order chi connectivity index (χ0) is 22.7. The molecule has 1 aromatic carbocycles. The number of ether oxygens (including phenoxy) is 2. The highest BCUT2D eigenvalue weighted by Gasteiger charge is 2.43. The Bertz CT molecular complexity index is 755. The lowest BCUT2D eigenvalue weighted by Gasteiger charge is -2.23. The van der Waals surface area contributed by atoms with Crippen molar-refractivity contribution in [1.82, 2.24) is 10.2 Å². The van der Waals surface area contributed by atoms with E-state index in [2.05, 4.69) is 17.2 Å². The maximum absolute atomic E-state index is 12.7. The second-order valence-corrected chi connectivity index (χ2v) is 8.80. The molecule has 1 saturated heterocycles. The molecule has 2 aliphatic rings. The van der Waals surface area contributed by atoms with Gasteiger partial charge in [0.2, 0.25) is 5.90 Å². The van der Waals surface area contributed by atoms with Gasteiger partial charge in [-0.2, -0.15) is 0 Å². The molecular weight excluding hydrogens is 406 g/mol. The van der Waals surface area contributed by atoms with Crippen LogP contribution in [0, 0.1) is 0 Å². The first-order valence-electron chi connectivity index (χ1n) is 12.0. The molecule has 32 heavy (non-hydrogen) atoms. The van der Waals surface area contributed by atoms with Gasteiger partial charge in [0.1, 0.15) is 19.3 Å². The van der Waals surface area contributed by atoms with E-state index in [9.17, 15) is 9.59 Å². The van der Waals surface area contributed by atoms with Crippen molar-refractivity contribution in [2.75, 3.05) is 26.2 Å². The second kappa shape index (κ2) is 12.6. The number of carbonyl (C=O) groups is 2. The van der Waals surface area contributed by atoms with E-state index in [1.54, 1.807) is 4.90 Å². The van der Waals surface area contributed by atoms with Gasteiger partial charge in [-0.1, -0.05) is 69.4 Å². The molecule has 0 aliphatic carbocycles. The van der Waals surface area contributed by atoms with Crippen molar-refractivity contribution in [3.63, 3.8) is 0 Å². The zero-order valence-corrected chi connectivity index (χ0v) is 19.3. The summed E-state index contributed by atoms with van der Waals surface area (Å²) in [6.07, 6.45) is 9.54. The number of hydrogen-bond acceptors (Lipinski definition) is 6. The third kappa shape index (κ3) is 6.79. The highest BCUT2D eigenvalue weighted by Crippen LogP contribution is 2.26. The molecular formula is C25H37N3O4. The van der Waals surface area contributed by atoms with Crippen molar-refractivity contribution in [1.29, 1.82) is 0 Å². The quantitative estimate of drug-likeness (QED) is 0.367. The average molecular weight is 444 g/mol. The summed E-state index contributed by atoms with van der Waals surface area (Å²) < 4.78 is 11.3. The Morgan fingerprint density at radius 3 is 2.81 bits per heavy atom. The molecule has 0 spiro atoms. The van der Waals surface area contributed by atoms with Crippen LogP contribution in [0.15, 0.2) is 35.3 Å². The van der Waals surface area contributed by atoms with E-state index in [0.717, 1.165) is 37.7 Å². The van der Waals surface area contributed by atoms with Crippen molar-refractivity contribution < 1.29 is 19.1 Å². The number of nitrogens with zero attached hydrogens (tertiary/aromatic N) is 2. The molecule has 7 nitrogen and oxygen atoms in total. The molecule has 0 aromatic heterocycles. The summed E-state index contributed by atoms with van der Waals surface area (Å²) in [5.41, 5.74) is 0.0437. The first-order valence-corrected chi connectivity index (χ1v) is 12.0. The second-order valence-electron chi connectivity index (χ2n) is 8.80. The Labute approximate surface area is 191 Å². The summed E-state index contributed by atoms with van der Waals surface area (Å²) in [4.78, 5) is 30.9. The topological polar surface area (TPSA) is 80.2 Å². The number of hydrogen-bond donors (Lipinski definition) is 1. The van der Waals surface area contributed by atoms with E-state index in [0.29, 0.717) is 19.0 Å². The minimum absolute atomic E-state index is 0.221. The van der Waals surface area contributed by atoms with Crippen LogP contribution in [0.3, 0.4) is 0 Å². The molecule has 7 heteroatoms. The van der Waals surface area contributed by atoms with Gasteiger partial charge in [-0.3, -0.25) is 4.90 Å². The molecule has 2 heterocycles. The van der Waals surface area contributed by atoms with Gasteiger partial charge in [-0.15, -0.1) is 0 Å². The summed E-state index contributed by atoms with van der Waals surface area (Å²) in [5.74, 6) is 0.479. The first-order chi connectivity index (χ1) is 15.7. The summed E-state index contributed by atoms with van der Waals surface area (Å²) in [6, 6.07) is 9.36. The lowest BCUT2D eigenvalue weighted by atomic mass is 10.0. The van der Waals surface area contributed by atoms with Gasteiger partial charge in [0, 0.05) is 13.1 Å². The van der Waals surface area contributed by atoms with Gasteiger partial charge in [0.15, 0.2) is 11.8 Å². The van der Waals surface area contributed by atoms with Crippen molar-refractivity contribution >= 4 is 18.3 Å². The molecule has 176 valence electrons. The Balaban J connectivity index is 1.48. The molecule has 3 rings (SSSR count). The van der Waals surface area contributed by atoms with E-state index < -0.39 is 5.54 Å². The molecule has 1 N–H and O–H groups in total. The van der Waals surface area contributed by atoms with Gasteiger partial charge >= 0.3 is 6.09 Å². The van der Waals surface area contributed by atoms with Crippen LogP contribution in [0.2, 0.25) is 0 Å². The summed E-state index contributed by atoms with van der Waals surface area (Å²) in [6.45, 7) is 4.60. The number of nitrogens with one attached hydrogen (secondary N) is 1. The summed E-state index contributed by atoms with van der Waals surface area (Å²) in [7, 11) is 0. The summed E-state index contributed by atoms with van der Waals surface area (Å²) in [5, 5.41) is 3.37. The van der Waals surface area contributed by atoms with Crippen LogP contribution in [-0.2, 0) is 20.9 Å². The van der Waals surface area contributed by atoms with E-state index in [-0.39, 0.29) is 25.3 Å². The van der Waals surface area contributed by atoms with Crippen LogP contribution in [0.4, 0.5) is 4.79 Å². The van der Waals surface area contributed by atoms with E-state index in [4.69, 9.17) is 9.47 Å². The number of benzene rings is 1. The number of rotatable bonds is 13. The van der Waals surface area contributed by atoms with Crippen LogP contribution in [0.5, 0.6) is 0 Å². The van der Waals surface area contributed by atoms with Crippen molar-refractivity contribution in [2.24, 2.45) is 4.99 Å². The molecule has 1 fully saturated rings. The first kappa shape index (κ1) is 24.2. The van der Waals surface area contributed by atoms with Crippen LogP contribution in [0.25, 0.3) is 0 Å². The Morgan fingerprint density at radius 1 is 1.25 bits per heavy atom. The van der Waals surface area contributed by atoms with E-state index >= 15 is 0 Å². The lowest BCUT2D eigenvalue weighted by molar-refractivity contribution is -0.112. The molecule has 0 bridgehead atoms. The molecule has 2 aliphatic heterocycles. The van der Waals surface area contributed by atoms with E-state index in [1.165, 1.54) is 32.1 Å². The Kier molecular flexibility index (Phi) is 9.53. The zero-order valence-electron chi connectivity index (χ0n) is 19.3. The number of amides is 1. The Morgan fingerprint density at radius 2 is 2.03 bits per heavy atom. The maximum atomic E-state index is 12.7. The fraction of sp³-hybridized carbons (Fsp3) is 0.640. The minimum Gasteiger partial charge on any atom is -0.476 e. The number of aliphatic imine (C=N–C) groups is 1. The number of unbranched alkanes of at least 4 members (excludes halogenated alkanes) is 5. The predicted octanol–water partition coefficient (Wildman–Crippen LogP) is 4.10. The van der Waals surface area contributed by atoms with Gasteiger partial charge in [0.05, 0.1) is 0 Å². The third-order valence-electron chi connectivity index (χ3n) is 6.14. The van der Waals surface area contributed by atoms with Crippen LogP contribution >= 0.6 is 0 Å². The molecule has 1 amide bonds. The van der Waals surface area contributed by atoms with Crippen molar-refractivity contribution in [3.05, 3.63) is 35.9 Å². The van der Waals surface area contributed by atoms with E-state index in [1.807, 2.05) is 30.3 Å². The fourth-order valence-electron chi connectivity index (χ4n) is 4.23. The standard InChI is InChI=1S/C25H37N3O4/c1-2-3-4-5-6-10-15-26-18-25(19-29)20-32-23(27-25)22-14-11-16-28(22)24(30)31-17-21-12-8-7-9-13-21/h7-9,12-13,19,22,26H,2-6,10-11,14-18,20H2,1H3. The molecule has 0 saturated carbocycles. The Hall–Kier alpha value is -2.41. The normalized spacial score (nSPS) is 22.5. The molecule has 0 radical (unpaired) electrons. The predicted molar refractivity (Wildman–Crippen MR) is 125 cm³/mol. The number of aldehydes is 1. The van der Waals surface area contributed by atoms with Gasteiger partial charge < -0.3 is 19.6 Å². The summed E-state index contributed by atoms with van der Waals surface area (Å²) >= 11 is 0. The molecule has 1 aromatic rings. The molecule has 2 atom stereocenters. The van der Waals surface area contributed by atoms with Gasteiger partial charge in [-0.25, -0.2) is 9.79 Å². The van der Waals surface area contributed by atoms with Gasteiger partial charge in [0.25, 0.3) is 0 Å². The highest BCUT2D eigenvalue weighted by atomic mass is 16.6. The van der Waals surface area contributed by atoms with Crippen LogP contribution < -0.4 is 5.32 Å². The minimum atomic E-state index is -0.903. The largest absolute Gasteiger partial charge is 0.476 e. The smallest absolute Gasteiger partial charge is 0.410 e. The van der Waals surface area contributed by atoms with Gasteiger partial charge in [-0.05, 0) is 31.4 Å². The highest BCUT2D eigenvalue weighted by molar-refractivity contribution is 5.90. The average Bonchev–Trinajstić information content (AvgIpc) is 3.48. The number of likely N-dealkylation sites (tertiary alicyclic amines) is 1. The van der Waals surface area contributed by atoms with Crippen LogP contribution in [-0.4, -0.2) is 61.0 Å². The van der Waals surface area contributed by atoms with Crippen molar-refractivity contribution in [3.8, 4) is 0 Å².